The number of aliphatic hydroxyl groups is 1. The van der Waals surface area contributed by atoms with Crippen LogP contribution in [0.3, 0.4) is 0 Å². The number of benzene rings is 3. The van der Waals surface area contributed by atoms with Crippen molar-refractivity contribution in [1.82, 2.24) is 5.01 Å². The Labute approximate surface area is 176 Å². The maximum atomic E-state index is 14.0. The highest BCUT2D eigenvalue weighted by molar-refractivity contribution is 6.36. The van der Waals surface area contributed by atoms with Crippen molar-refractivity contribution in [2.45, 2.75) is 12.1 Å². The largest absolute Gasteiger partial charge is 0.365 e. The van der Waals surface area contributed by atoms with Crippen molar-refractivity contribution in [2.75, 3.05) is 0 Å². The van der Waals surface area contributed by atoms with E-state index in [1.807, 2.05) is 30.3 Å². The maximum absolute atomic E-state index is 14.0. The fraction of sp³-hybridized carbons (Fsp3) is 0.0909. The van der Waals surface area contributed by atoms with Crippen molar-refractivity contribution in [1.29, 1.82) is 0 Å². The van der Waals surface area contributed by atoms with Gasteiger partial charge >= 0.3 is 0 Å². The highest BCUT2D eigenvalue weighted by Gasteiger charge is 2.46. The monoisotopic (exact) mass is 428 g/mol. The van der Waals surface area contributed by atoms with E-state index >= 15 is 0 Å². The summed E-state index contributed by atoms with van der Waals surface area (Å²) in [6.45, 7) is 0. The standard InChI is InChI=1S/C22H15Cl2FN2O2/c23-17-12-18(24)19(25)11-16(17)21(28)27-22(29,15-9-5-2-6-10-15)13-20(26-27)14-7-3-1-4-8-14/h1-12,29H,13H2. The van der Waals surface area contributed by atoms with Crippen LogP contribution in [0.15, 0.2) is 77.9 Å². The van der Waals surface area contributed by atoms with E-state index in [0.29, 0.717) is 11.3 Å². The molecule has 1 unspecified atom stereocenters. The molecule has 3 aromatic carbocycles. The minimum absolute atomic E-state index is 0.0276. The van der Waals surface area contributed by atoms with Crippen molar-refractivity contribution < 1.29 is 14.3 Å². The zero-order valence-corrected chi connectivity index (χ0v) is 16.5. The number of hydrogen-bond acceptors (Lipinski definition) is 3. The van der Waals surface area contributed by atoms with Crippen LogP contribution in [0.25, 0.3) is 0 Å². The minimum Gasteiger partial charge on any atom is -0.365 e. The van der Waals surface area contributed by atoms with Crippen LogP contribution in [0.1, 0.15) is 27.9 Å². The first-order valence-corrected chi connectivity index (χ1v) is 9.55. The third-order valence-electron chi connectivity index (χ3n) is 4.76. The highest BCUT2D eigenvalue weighted by Crippen LogP contribution is 2.39. The first-order chi connectivity index (χ1) is 13.9. The van der Waals surface area contributed by atoms with E-state index in [1.54, 1.807) is 30.3 Å². The third kappa shape index (κ3) is 3.53. The molecule has 1 heterocycles. The van der Waals surface area contributed by atoms with Gasteiger partial charge in [0.05, 0.1) is 21.3 Å². The Morgan fingerprint density at radius 3 is 2.28 bits per heavy atom. The molecule has 0 aromatic heterocycles. The molecule has 0 fully saturated rings. The predicted octanol–water partition coefficient (Wildman–Crippen LogP) is 5.23. The second-order valence-electron chi connectivity index (χ2n) is 6.64. The van der Waals surface area contributed by atoms with Gasteiger partial charge in [0.15, 0.2) is 5.72 Å². The lowest BCUT2D eigenvalue weighted by Crippen LogP contribution is -2.43. The summed E-state index contributed by atoms with van der Waals surface area (Å²) in [4.78, 5) is 13.3. The van der Waals surface area contributed by atoms with Crippen molar-refractivity contribution in [3.05, 3.63) is 105 Å². The Morgan fingerprint density at radius 1 is 1.00 bits per heavy atom. The fourth-order valence-corrected chi connectivity index (χ4v) is 3.74. The molecule has 3 aromatic rings. The molecule has 0 spiro atoms. The van der Waals surface area contributed by atoms with Crippen molar-refractivity contribution in [3.63, 3.8) is 0 Å². The van der Waals surface area contributed by atoms with Gasteiger partial charge in [-0.2, -0.15) is 10.1 Å². The van der Waals surface area contributed by atoms with E-state index in [2.05, 4.69) is 5.10 Å². The molecule has 146 valence electrons. The van der Waals surface area contributed by atoms with E-state index < -0.39 is 17.4 Å². The first-order valence-electron chi connectivity index (χ1n) is 8.80. The van der Waals surface area contributed by atoms with Crippen LogP contribution in [-0.2, 0) is 5.72 Å². The lowest BCUT2D eigenvalue weighted by atomic mass is 9.94. The molecule has 0 saturated heterocycles. The Bertz CT molecular complexity index is 1110. The Hall–Kier alpha value is -2.73. The normalized spacial score (nSPS) is 18.6. The molecule has 1 atom stereocenters. The lowest BCUT2D eigenvalue weighted by molar-refractivity contribution is -0.0765. The minimum atomic E-state index is -1.75. The molecule has 0 saturated carbocycles. The molecular weight excluding hydrogens is 414 g/mol. The number of hydrazone groups is 1. The molecule has 0 aliphatic carbocycles. The second-order valence-corrected chi connectivity index (χ2v) is 7.45. The number of hydrogen-bond donors (Lipinski definition) is 1. The van der Waals surface area contributed by atoms with Gasteiger partial charge in [0.1, 0.15) is 5.82 Å². The highest BCUT2D eigenvalue weighted by atomic mass is 35.5. The summed E-state index contributed by atoms with van der Waals surface area (Å²) in [6.07, 6.45) is 0.0699. The van der Waals surface area contributed by atoms with E-state index in [0.717, 1.165) is 22.7 Å². The number of amides is 1. The number of carbonyl (C=O) groups excluding carboxylic acids is 1. The third-order valence-corrected chi connectivity index (χ3v) is 5.36. The summed E-state index contributed by atoms with van der Waals surface area (Å²) in [7, 11) is 0. The molecule has 1 N–H and O–H groups in total. The molecule has 1 aliphatic rings. The number of halogens is 3. The van der Waals surface area contributed by atoms with Crippen molar-refractivity contribution >= 4 is 34.8 Å². The number of carbonyl (C=O) groups is 1. The number of nitrogens with zero attached hydrogens (tertiary/aromatic N) is 2. The van der Waals surface area contributed by atoms with E-state index in [4.69, 9.17) is 23.2 Å². The van der Waals surface area contributed by atoms with Crippen LogP contribution in [0.5, 0.6) is 0 Å². The molecule has 0 radical (unpaired) electrons. The van der Waals surface area contributed by atoms with Crippen molar-refractivity contribution in [3.8, 4) is 0 Å². The Morgan fingerprint density at radius 2 is 1.62 bits per heavy atom. The van der Waals surface area contributed by atoms with Crippen LogP contribution < -0.4 is 0 Å². The Balaban J connectivity index is 1.83. The van der Waals surface area contributed by atoms with Crippen LogP contribution in [0.4, 0.5) is 4.39 Å². The molecule has 4 nitrogen and oxygen atoms in total. The first kappa shape index (κ1) is 19.6. The maximum Gasteiger partial charge on any atom is 0.278 e. The lowest BCUT2D eigenvalue weighted by Gasteiger charge is -2.31. The number of rotatable bonds is 3. The summed E-state index contributed by atoms with van der Waals surface area (Å²) in [6, 6.07) is 20.1. The van der Waals surface area contributed by atoms with E-state index in [1.165, 1.54) is 0 Å². The smallest absolute Gasteiger partial charge is 0.278 e. The Kier molecular flexibility index (Phi) is 5.13. The van der Waals surface area contributed by atoms with Gasteiger partial charge in [0.25, 0.3) is 5.91 Å². The van der Waals surface area contributed by atoms with E-state index in [9.17, 15) is 14.3 Å². The molecule has 29 heavy (non-hydrogen) atoms. The molecule has 7 heteroatoms. The molecule has 4 rings (SSSR count). The summed E-state index contributed by atoms with van der Waals surface area (Å²) < 4.78 is 14.0. The van der Waals surface area contributed by atoms with Crippen LogP contribution in [0, 0.1) is 5.82 Å². The predicted molar refractivity (Wildman–Crippen MR) is 111 cm³/mol. The summed E-state index contributed by atoms with van der Waals surface area (Å²) >= 11 is 11.9. The molecule has 1 aliphatic heterocycles. The SMILES string of the molecule is O=C(c1cc(F)c(Cl)cc1Cl)N1N=C(c2ccccc2)CC1(O)c1ccccc1. The quantitative estimate of drug-likeness (QED) is 0.580. The zero-order chi connectivity index (χ0) is 20.6. The van der Waals surface area contributed by atoms with Crippen LogP contribution in [-0.4, -0.2) is 21.7 Å². The van der Waals surface area contributed by atoms with Gasteiger partial charge in [0, 0.05) is 12.0 Å². The zero-order valence-electron chi connectivity index (χ0n) is 15.0. The van der Waals surface area contributed by atoms with Gasteiger partial charge in [-0.1, -0.05) is 83.9 Å². The fourth-order valence-electron chi connectivity index (χ4n) is 3.28. The van der Waals surface area contributed by atoms with Gasteiger partial charge in [-0.3, -0.25) is 4.79 Å². The van der Waals surface area contributed by atoms with Gasteiger partial charge in [-0.05, 0) is 17.7 Å². The molecule has 1 amide bonds. The summed E-state index contributed by atoms with van der Waals surface area (Å²) in [5.41, 5.74) is -0.112. The summed E-state index contributed by atoms with van der Waals surface area (Å²) in [5, 5.41) is 16.7. The molecule has 0 bridgehead atoms. The van der Waals surface area contributed by atoms with Crippen LogP contribution >= 0.6 is 23.2 Å². The van der Waals surface area contributed by atoms with Crippen LogP contribution in [0.2, 0.25) is 10.0 Å². The van der Waals surface area contributed by atoms with Gasteiger partial charge < -0.3 is 5.11 Å². The average molecular weight is 429 g/mol. The summed E-state index contributed by atoms with van der Waals surface area (Å²) in [5.74, 6) is -1.52. The molecular formula is C22H15Cl2FN2O2. The van der Waals surface area contributed by atoms with E-state index in [-0.39, 0.29) is 22.0 Å². The topological polar surface area (TPSA) is 52.9 Å². The average Bonchev–Trinajstić information content (AvgIpc) is 3.10. The van der Waals surface area contributed by atoms with Gasteiger partial charge in [-0.15, -0.1) is 0 Å². The van der Waals surface area contributed by atoms with Gasteiger partial charge in [-0.25, -0.2) is 4.39 Å². The second kappa shape index (κ2) is 7.59. The van der Waals surface area contributed by atoms with Crippen molar-refractivity contribution in [2.24, 2.45) is 5.10 Å². The van der Waals surface area contributed by atoms with Gasteiger partial charge in [0.2, 0.25) is 0 Å².